The van der Waals surface area contributed by atoms with Gasteiger partial charge in [0, 0.05) is 13.1 Å². The summed E-state index contributed by atoms with van der Waals surface area (Å²) in [5.41, 5.74) is -0.632. The van der Waals surface area contributed by atoms with Crippen LogP contribution in [0.25, 0.3) is 0 Å². The van der Waals surface area contributed by atoms with Crippen LogP contribution < -0.4 is 10.6 Å². The maximum absolute atomic E-state index is 11.8. The van der Waals surface area contributed by atoms with Crippen molar-refractivity contribution < 1.29 is 19.5 Å². The summed E-state index contributed by atoms with van der Waals surface area (Å²) in [5.74, 6) is -1.00. The van der Waals surface area contributed by atoms with E-state index in [1.807, 2.05) is 0 Å². The number of carbonyl (C=O) groups excluding carboxylic acids is 2. The standard InChI is InChI=1S/C13H21N3O4/c17-10(16-6-1-2-7-16)9-14-12(20)15-13(4-3-5-13)8-11(18)19/h1-9H2,(H,18,19)(H2,14,15,20). The highest BCUT2D eigenvalue weighted by molar-refractivity contribution is 5.84. The van der Waals surface area contributed by atoms with E-state index >= 15 is 0 Å². The van der Waals surface area contributed by atoms with Gasteiger partial charge in [-0.15, -0.1) is 0 Å². The van der Waals surface area contributed by atoms with Gasteiger partial charge in [0.25, 0.3) is 0 Å². The lowest BCUT2D eigenvalue weighted by Gasteiger charge is -2.41. The van der Waals surface area contributed by atoms with Gasteiger partial charge in [0.15, 0.2) is 0 Å². The van der Waals surface area contributed by atoms with Gasteiger partial charge < -0.3 is 20.6 Å². The number of rotatable bonds is 5. The number of nitrogens with zero attached hydrogens (tertiary/aromatic N) is 1. The zero-order chi connectivity index (χ0) is 14.6. The Morgan fingerprint density at radius 1 is 1.10 bits per heavy atom. The summed E-state index contributed by atoms with van der Waals surface area (Å²) >= 11 is 0. The summed E-state index contributed by atoms with van der Waals surface area (Å²) in [4.78, 5) is 36.1. The second-order valence-corrected chi connectivity index (χ2v) is 5.60. The van der Waals surface area contributed by atoms with Gasteiger partial charge in [0.05, 0.1) is 18.5 Å². The molecule has 1 aliphatic heterocycles. The summed E-state index contributed by atoms with van der Waals surface area (Å²) in [6.07, 6.45) is 4.22. The first-order valence-corrected chi connectivity index (χ1v) is 7.06. The molecule has 7 heteroatoms. The molecule has 0 radical (unpaired) electrons. The second-order valence-electron chi connectivity index (χ2n) is 5.60. The fraction of sp³-hybridized carbons (Fsp3) is 0.769. The fourth-order valence-corrected chi connectivity index (χ4v) is 2.76. The summed E-state index contributed by atoms with van der Waals surface area (Å²) in [7, 11) is 0. The monoisotopic (exact) mass is 283 g/mol. The Kier molecular flexibility index (Phi) is 4.46. The van der Waals surface area contributed by atoms with E-state index in [1.165, 1.54) is 0 Å². The van der Waals surface area contributed by atoms with Crippen molar-refractivity contribution in [3.63, 3.8) is 0 Å². The Bertz CT molecular complexity index is 400. The molecule has 0 aromatic heterocycles. The van der Waals surface area contributed by atoms with Crippen LogP contribution in [-0.2, 0) is 9.59 Å². The minimum Gasteiger partial charge on any atom is -0.481 e. The molecule has 0 aromatic carbocycles. The molecule has 1 saturated carbocycles. The number of carboxylic acid groups (broad SMARTS) is 1. The molecule has 2 rings (SSSR count). The Morgan fingerprint density at radius 3 is 2.25 bits per heavy atom. The van der Waals surface area contributed by atoms with Crippen LogP contribution in [0.5, 0.6) is 0 Å². The van der Waals surface area contributed by atoms with E-state index in [9.17, 15) is 14.4 Å². The van der Waals surface area contributed by atoms with Gasteiger partial charge >= 0.3 is 12.0 Å². The van der Waals surface area contributed by atoms with Crippen molar-refractivity contribution >= 4 is 17.9 Å². The van der Waals surface area contributed by atoms with Crippen LogP contribution in [0, 0.1) is 0 Å². The maximum Gasteiger partial charge on any atom is 0.315 e. The molecule has 0 bridgehead atoms. The van der Waals surface area contributed by atoms with Gasteiger partial charge in [0.2, 0.25) is 5.91 Å². The molecule has 0 aromatic rings. The van der Waals surface area contributed by atoms with Crippen LogP contribution in [0.2, 0.25) is 0 Å². The van der Waals surface area contributed by atoms with E-state index in [0.29, 0.717) is 12.8 Å². The molecule has 0 spiro atoms. The largest absolute Gasteiger partial charge is 0.481 e. The SMILES string of the molecule is O=C(O)CC1(NC(=O)NCC(=O)N2CCCC2)CCC1. The zero-order valence-corrected chi connectivity index (χ0v) is 11.5. The number of nitrogens with one attached hydrogen (secondary N) is 2. The van der Waals surface area contributed by atoms with Gasteiger partial charge in [-0.3, -0.25) is 9.59 Å². The van der Waals surface area contributed by atoms with Crippen LogP contribution in [0.3, 0.4) is 0 Å². The van der Waals surface area contributed by atoms with Crippen molar-refractivity contribution in [1.82, 2.24) is 15.5 Å². The first-order valence-electron chi connectivity index (χ1n) is 7.06. The number of aliphatic carboxylic acids is 1. The molecular formula is C13H21N3O4. The van der Waals surface area contributed by atoms with Gasteiger partial charge in [-0.1, -0.05) is 0 Å². The molecule has 3 N–H and O–H groups in total. The summed E-state index contributed by atoms with van der Waals surface area (Å²) in [6, 6.07) is -0.460. The molecule has 7 nitrogen and oxygen atoms in total. The normalized spacial score (nSPS) is 20.1. The first-order chi connectivity index (χ1) is 9.51. The predicted molar refractivity (Wildman–Crippen MR) is 71.2 cm³/mol. The Balaban J connectivity index is 1.74. The number of hydrogen-bond donors (Lipinski definition) is 3. The third-order valence-electron chi connectivity index (χ3n) is 4.04. The molecule has 1 saturated heterocycles. The summed E-state index contributed by atoms with van der Waals surface area (Å²) < 4.78 is 0. The molecule has 0 unspecified atom stereocenters. The van der Waals surface area contributed by atoms with Crippen LogP contribution in [-0.4, -0.2) is 53.1 Å². The van der Waals surface area contributed by atoms with E-state index in [-0.39, 0.29) is 18.9 Å². The van der Waals surface area contributed by atoms with Gasteiger partial charge in [-0.25, -0.2) is 4.79 Å². The zero-order valence-electron chi connectivity index (χ0n) is 11.5. The molecule has 2 fully saturated rings. The second kappa shape index (κ2) is 6.11. The van der Waals surface area contributed by atoms with Gasteiger partial charge in [-0.2, -0.15) is 0 Å². The van der Waals surface area contributed by atoms with E-state index in [4.69, 9.17) is 5.11 Å². The van der Waals surface area contributed by atoms with Crippen LogP contribution in [0.4, 0.5) is 4.79 Å². The minimum atomic E-state index is -0.918. The molecule has 0 atom stereocenters. The molecule has 1 heterocycles. The van der Waals surface area contributed by atoms with Gasteiger partial charge in [-0.05, 0) is 32.1 Å². The number of carboxylic acids is 1. The van der Waals surface area contributed by atoms with E-state index in [0.717, 1.165) is 32.4 Å². The van der Waals surface area contributed by atoms with Crippen LogP contribution in [0.1, 0.15) is 38.5 Å². The van der Waals surface area contributed by atoms with Crippen molar-refractivity contribution in [2.45, 2.75) is 44.1 Å². The number of carbonyl (C=O) groups is 3. The van der Waals surface area contributed by atoms with E-state index < -0.39 is 17.5 Å². The average molecular weight is 283 g/mol. The number of likely N-dealkylation sites (tertiary alicyclic amines) is 1. The third kappa shape index (κ3) is 3.61. The van der Waals surface area contributed by atoms with Crippen molar-refractivity contribution in [2.24, 2.45) is 0 Å². The molecule has 20 heavy (non-hydrogen) atoms. The third-order valence-corrected chi connectivity index (χ3v) is 4.04. The quantitative estimate of drug-likeness (QED) is 0.676. The number of hydrogen-bond acceptors (Lipinski definition) is 3. The molecular weight excluding hydrogens is 262 g/mol. The Hall–Kier alpha value is -1.79. The fourth-order valence-electron chi connectivity index (χ4n) is 2.76. The molecule has 2 aliphatic rings. The highest BCUT2D eigenvalue weighted by Crippen LogP contribution is 2.34. The van der Waals surface area contributed by atoms with Crippen LogP contribution >= 0.6 is 0 Å². The highest BCUT2D eigenvalue weighted by Gasteiger charge is 2.40. The highest BCUT2D eigenvalue weighted by atomic mass is 16.4. The lowest BCUT2D eigenvalue weighted by atomic mass is 9.74. The summed E-state index contributed by atoms with van der Waals surface area (Å²) in [5, 5.41) is 14.1. The number of urea groups is 1. The Labute approximate surface area is 117 Å². The lowest BCUT2D eigenvalue weighted by Crippen LogP contribution is -2.58. The Morgan fingerprint density at radius 2 is 1.75 bits per heavy atom. The van der Waals surface area contributed by atoms with Crippen molar-refractivity contribution in [2.75, 3.05) is 19.6 Å². The number of amides is 3. The van der Waals surface area contributed by atoms with E-state index in [2.05, 4.69) is 10.6 Å². The van der Waals surface area contributed by atoms with E-state index in [1.54, 1.807) is 4.90 Å². The lowest BCUT2D eigenvalue weighted by molar-refractivity contribution is -0.139. The average Bonchev–Trinajstić information content (AvgIpc) is 2.86. The smallest absolute Gasteiger partial charge is 0.315 e. The van der Waals surface area contributed by atoms with Crippen molar-refractivity contribution in [3.8, 4) is 0 Å². The summed E-state index contributed by atoms with van der Waals surface area (Å²) in [6.45, 7) is 1.48. The maximum atomic E-state index is 11.8. The minimum absolute atomic E-state index is 0.0328. The first kappa shape index (κ1) is 14.6. The van der Waals surface area contributed by atoms with Crippen molar-refractivity contribution in [1.29, 1.82) is 0 Å². The molecule has 1 aliphatic carbocycles. The molecule has 3 amide bonds. The van der Waals surface area contributed by atoms with Crippen molar-refractivity contribution in [3.05, 3.63) is 0 Å². The predicted octanol–water partition coefficient (Wildman–Crippen LogP) is 0.305. The van der Waals surface area contributed by atoms with Gasteiger partial charge in [0.1, 0.15) is 0 Å². The molecule has 112 valence electrons. The van der Waals surface area contributed by atoms with Crippen LogP contribution in [0.15, 0.2) is 0 Å². The topological polar surface area (TPSA) is 98.7 Å².